The maximum atomic E-state index is 12.4. The number of sulfonamides is 1. The van der Waals surface area contributed by atoms with Gasteiger partial charge < -0.3 is 19.5 Å². The van der Waals surface area contributed by atoms with Gasteiger partial charge in [-0.3, -0.25) is 9.10 Å². The molecule has 0 heterocycles. The average molecular weight is 451 g/mol. The zero-order valence-electron chi connectivity index (χ0n) is 18.4. The lowest BCUT2D eigenvalue weighted by atomic mass is 10.1. The molecule has 0 saturated carbocycles. The first kappa shape index (κ1) is 24.3. The number of hydrogen-bond donors (Lipinski definition) is 1. The van der Waals surface area contributed by atoms with Crippen molar-refractivity contribution in [2.24, 2.45) is 0 Å². The van der Waals surface area contributed by atoms with Crippen molar-refractivity contribution in [3.63, 3.8) is 0 Å². The van der Waals surface area contributed by atoms with Gasteiger partial charge in [0.05, 0.1) is 32.8 Å². The second kappa shape index (κ2) is 11.5. The van der Waals surface area contributed by atoms with Crippen LogP contribution < -0.4 is 23.8 Å². The third kappa shape index (κ3) is 7.36. The molecule has 0 fully saturated rings. The van der Waals surface area contributed by atoms with E-state index in [0.29, 0.717) is 24.7 Å². The van der Waals surface area contributed by atoms with Crippen molar-refractivity contribution in [3.05, 3.63) is 48.0 Å². The summed E-state index contributed by atoms with van der Waals surface area (Å²) in [5, 5.41) is 2.78. The van der Waals surface area contributed by atoms with Crippen LogP contribution in [0.15, 0.2) is 42.5 Å². The predicted molar refractivity (Wildman–Crippen MR) is 121 cm³/mol. The van der Waals surface area contributed by atoms with Crippen LogP contribution in [-0.2, 0) is 21.2 Å². The fraction of sp³-hybridized carbons (Fsp3) is 0.409. The fourth-order valence-electron chi connectivity index (χ4n) is 3.00. The number of methoxy groups -OCH3 is 2. The molecule has 1 N–H and O–H groups in total. The molecular weight excluding hydrogens is 420 g/mol. The van der Waals surface area contributed by atoms with Gasteiger partial charge in [-0.2, -0.15) is 0 Å². The second-order valence-corrected chi connectivity index (χ2v) is 8.74. The summed E-state index contributed by atoms with van der Waals surface area (Å²) in [7, 11) is -0.811. The number of nitrogens with zero attached hydrogens (tertiary/aromatic N) is 1. The Kier molecular flexibility index (Phi) is 8.99. The molecule has 0 aliphatic heterocycles. The lowest BCUT2D eigenvalue weighted by Crippen LogP contribution is -2.40. The van der Waals surface area contributed by atoms with Crippen molar-refractivity contribution in [3.8, 4) is 17.2 Å². The molecule has 0 radical (unpaired) electrons. The Bertz CT molecular complexity index is 960. The number of amides is 1. The zero-order valence-corrected chi connectivity index (χ0v) is 19.2. The number of carbonyl (C=O) groups excluding carboxylic acids is 1. The number of benzene rings is 2. The van der Waals surface area contributed by atoms with Crippen molar-refractivity contribution in [2.75, 3.05) is 44.5 Å². The molecule has 0 atom stereocenters. The Hall–Kier alpha value is -2.94. The van der Waals surface area contributed by atoms with Crippen molar-refractivity contribution in [1.82, 2.24) is 5.32 Å². The van der Waals surface area contributed by atoms with Crippen molar-refractivity contribution >= 4 is 21.6 Å². The summed E-state index contributed by atoms with van der Waals surface area (Å²) in [5.74, 6) is 1.21. The number of carbonyl (C=O) groups is 1. The van der Waals surface area contributed by atoms with E-state index in [1.54, 1.807) is 12.1 Å². The minimum atomic E-state index is -3.73. The third-order valence-electron chi connectivity index (χ3n) is 4.54. The number of aryl methyl sites for hydroxylation is 1. The molecule has 0 bridgehead atoms. The summed E-state index contributed by atoms with van der Waals surface area (Å²) in [6.07, 6.45) is 2.55. The lowest BCUT2D eigenvalue weighted by Gasteiger charge is -2.24. The molecule has 0 aliphatic rings. The fourth-order valence-corrected chi connectivity index (χ4v) is 3.85. The number of nitrogens with one attached hydrogen (secondary N) is 1. The second-order valence-electron chi connectivity index (χ2n) is 6.84. The van der Waals surface area contributed by atoms with Crippen LogP contribution >= 0.6 is 0 Å². The molecule has 0 saturated heterocycles. The van der Waals surface area contributed by atoms with E-state index in [4.69, 9.17) is 14.2 Å². The molecule has 2 aromatic carbocycles. The van der Waals surface area contributed by atoms with Gasteiger partial charge in [-0.15, -0.1) is 0 Å². The van der Waals surface area contributed by atoms with Gasteiger partial charge in [0.2, 0.25) is 15.9 Å². The molecular formula is C22H30N2O6S. The summed E-state index contributed by atoms with van der Waals surface area (Å²) in [5.41, 5.74) is 1.38. The van der Waals surface area contributed by atoms with E-state index in [0.717, 1.165) is 34.7 Å². The highest BCUT2D eigenvalue weighted by atomic mass is 32.2. The summed E-state index contributed by atoms with van der Waals surface area (Å²) in [6.45, 7) is 2.63. The summed E-state index contributed by atoms with van der Waals surface area (Å²) < 4.78 is 41.6. The van der Waals surface area contributed by atoms with Crippen LogP contribution in [0.3, 0.4) is 0 Å². The normalized spacial score (nSPS) is 11.0. The van der Waals surface area contributed by atoms with E-state index < -0.39 is 15.9 Å². The Labute approximate surface area is 184 Å². The van der Waals surface area contributed by atoms with E-state index in [2.05, 4.69) is 5.32 Å². The highest BCUT2D eigenvalue weighted by molar-refractivity contribution is 7.92. The highest BCUT2D eigenvalue weighted by Gasteiger charge is 2.24. The molecule has 9 heteroatoms. The van der Waals surface area contributed by atoms with Crippen molar-refractivity contribution in [2.45, 2.75) is 19.8 Å². The SMILES string of the molecule is CCOc1ccc(CCCNC(=O)CN(c2cc(OC)ccc2OC)S(C)(=O)=O)cc1. The van der Waals surface area contributed by atoms with Gasteiger partial charge in [-0.1, -0.05) is 12.1 Å². The van der Waals surface area contributed by atoms with Crippen molar-refractivity contribution in [1.29, 1.82) is 0 Å². The molecule has 170 valence electrons. The smallest absolute Gasteiger partial charge is 0.240 e. The van der Waals surface area contributed by atoms with Crippen LogP contribution in [0.2, 0.25) is 0 Å². The molecule has 1 amide bonds. The largest absolute Gasteiger partial charge is 0.497 e. The Balaban J connectivity index is 1.96. The average Bonchev–Trinajstić information content (AvgIpc) is 2.75. The highest BCUT2D eigenvalue weighted by Crippen LogP contribution is 2.33. The van der Waals surface area contributed by atoms with Gasteiger partial charge in [0.15, 0.2) is 0 Å². The first-order valence-electron chi connectivity index (χ1n) is 9.96. The summed E-state index contributed by atoms with van der Waals surface area (Å²) in [4.78, 5) is 12.4. The van der Waals surface area contributed by atoms with Gasteiger partial charge in [0.25, 0.3) is 0 Å². The van der Waals surface area contributed by atoms with Gasteiger partial charge in [-0.25, -0.2) is 8.42 Å². The van der Waals surface area contributed by atoms with Crippen LogP contribution in [0.25, 0.3) is 0 Å². The Morgan fingerprint density at radius 1 is 1.03 bits per heavy atom. The summed E-state index contributed by atoms with van der Waals surface area (Å²) in [6, 6.07) is 12.6. The summed E-state index contributed by atoms with van der Waals surface area (Å²) >= 11 is 0. The predicted octanol–water partition coefficient (Wildman–Crippen LogP) is 2.62. The minimum Gasteiger partial charge on any atom is -0.497 e. The Morgan fingerprint density at radius 3 is 2.29 bits per heavy atom. The molecule has 2 aromatic rings. The number of hydrogen-bond acceptors (Lipinski definition) is 6. The van der Waals surface area contributed by atoms with E-state index in [1.807, 2.05) is 31.2 Å². The van der Waals surface area contributed by atoms with Gasteiger partial charge >= 0.3 is 0 Å². The van der Waals surface area contributed by atoms with Crippen molar-refractivity contribution < 1.29 is 27.4 Å². The lowest BCUT2D eigenvalue weighted by molar-refractivity contribution is -0.119. The third-order valence-corrected chi connectivity index (χ3v) is 5.67. The first-order valence-corrected chi connectivity index (χ1v) is 11.8. The molecule has 0 unspecified atom stereocenters. The molecule has 0 aromatic heterocycles. The van der Waals surface area contributed by atoms with E-state index >= 15 is 0 Å². The molecule has 0 spiro atoms. The van der Waals surface area contributed by atoms with E-state index in [9.17, 15) is 13.2 Å². The van der Waals surface area contributed by atoms with E-state index in [1.165, 1.54) is 20.3 Å². The molecule has 2 rings (SSSR count). The minimum absolute atomic E-state index is 0.244. The van der Waals surface area contributed by atoms with Crippen LogP contribution in [0.4, 0.5) is 5.69 Å². The molecule has 0 aliphatic carbocycles. The standard InChI is InChI=1S/C22H30N2O6S/c1-5-30-18-10-8-17(9-11-18)7-6-14-23-22(25)16-24(31(4,26)27)20-15-19(28-2)12-13-21(20)29-3/h8-13,15H,5-7,14,16H2,1-4H3,(H,23,25). The van der Waals surface area contributed by atoms with E-state index in [-0.39, 0.29) is 12.2 Å². The zero-order chi connectivity index (χ0) is 22.9. The Morgan fingerprint density at radius 2 is 1.71 bits per heavy atom. The topological polar surface area (TPSA) is 94.2 Å². The van der Waals surface area contributed by atoms with Crippen LogP contribution in [0.5, 0.6) is 17.2 Å². The monoisotopic (exact) mass is 450 g/mol. The van der Waals surface area contributed by atoms with Gasteiger partial charge in [0, 0.05) is 12.6 Å². The number of rotatable bonds is 12. The number of ether oxygens (including phenoxy) is 3. The molecule has 31 heavy (non-hydrogen) atoms. The number of anilines is 1. The van der Waals surface area contributed by atoms with Crippen LogP contribution in [-0.4, -0.2) is 54.5 Å². The van der Waals surface area contributed by atoms with Crippen LogP contribution in [0.1, 0.15) is 18.9 Å². The molecule has 8 nitrogen and oxygen atoms in total. The van der Waals surface area contributed by atoms with Gasteiger partial charge in [-0.05, 0) is 49.6 Å². The quantitative estimate of drug-likeness (QED) is 0.500. The van der Waals surface area contributed by atoms with Crippen LogP contribution in [0, 0.1) is 0 Å². The maximum absolute atomic E-state index is 12.4. The first-order chi connectivity index (χ1) is 14.8. The van der Waals surface area contributed by atoms with Gasteiger partial charge in [0.1, 0.15) is 23.8 Å². The maximum Gasteiger partial charge on any atom is 0.240 e.